The minimum Gasteiger partial charge on any atom is -0.318 e. The molecule has 0 saturated heterocycles. The molecule has 1 aromatic carbocycles. The van der Waals surface area contributed by atoms with Crippen molar-refractivity contribution in [3.05, 3.63) is 29.8 Å². The van der Waals surface area contributed by atoms with E-state index in [2.05, 4.69) is 5.32 Å². The fourth-order valence-electron chi connectivity index (χ4n) is 1.09. The molecule has 0 bridgehead atoms. The number of Topliss-reactive ketones (excluding diaryl/α,β-unsaturated/α-hetero) is 1. The van der Waals surface area contributed by atoms with Crippen LogP contribution in [0.4, 0.5) is 10.4 Å². The van der Waals surface area contributed by atoms with E-state index in [4.69, 9.17) is 0 Å². The Kier molecular flexibility index (Phi) is 1.91. The number of fused-ring (bicyclic) bond motifs is 1. The summed E-state index contributed by atoms with van der Waals surface area (Å²) in [4.78, 5) is 21.8. The molecule has 1 aliphatic heterocycles. The Labute approximate surface area is 67.8 Å². The number of anilines is 1. The summed E-state index contributed by atoms with van der Waals surface area (Å²) in [6.07, 6.45) is 0. The van der Waals surface area contributed by atoms with Gasteiger partial charge in [-0.05, 0) is 12.1 Å². The number of hydrogen-bond acceptors (Lipinski definition) is 2. The predicted octanol–water partition coefficient (Wildman–Crippen LogP) is 0.974. The molecule has 0 aromatic heterocycles. The second kappa shape index (κ2) is 2.73. The number of hydrogen-bond donors (Lipinski definition) is 1. The third kappa shape index (κ3) is 0.972. The number of rotatable bonds is 0. The first-order chi connectivity index (χ1) is 5.29. The van der Waals surface area contributed by atoms with Gasteiger partial charge in [0.1, 0.15) is 0 Å². The van der Waals surface area contributed by atoms with Crippen molar-refractivity contribution in [2.45, 2.75) is 0 Å². The molecule has 2 rings (SSSR count). The van der Waals surface area contributed by atoms with Gasteiger partial charge in [-0.2, -0.15) is 0 Å². The number of halogens is 1. The maximum absolute atomic E-state index is 11.0. The Balaban J connectivity index is 0.000000720. The van der Waals surface area contributed by atoms with Crippen LogP contribution in [-0.4, -0.2) is 11.7 Å². The summed E-state index contributed by atoms with van der Waals surface area (Å²) in [5, 5.41) is 2.46. The monoisotopic (exact) mass is 167 g/mol. The number of nitrogens with one attached hydrogen (secondary N) is 1. The fraction of sp³-hybridized carbons (Fsp3) is 0. The lowest BCUT2D eigenvalue weighted by atomic mass is 10.1. The Morgan fingerprint density at radius 2 is 1.75 bits per heavy atom. The van der Waals surface area contributed by atoms with Crippen molar-refractivity contribution in [1.82, 2.24) is 0 Å². The van der Waals surface area contributed by atoms with Crippen LogP contribution in [0.15, 0.2) is 24.3 Å². The molecule has 1 aromatic rings. The minimum absolute atomic E-state index is 0. The fourth-order valence-corrected chi connectivity index (χ4v) is 1.09. The molecule has 0 fully saturated rings. The van der Waals surface area contributed by atoms with E-state index < -0.39 is 11.7 Å². The van der Waals surface area contributed by atoms with Crippen molar-refractivity contribution in [2.75, 3.05) is 5.32 Å². The molecule has 0 saturated carbocycles. The first kappa shape index (κ1) is 8.39. The Bertz CT molecular complexity index is 349. The number of benzene rings is 1. The minimum atomic E-state index is -0.536. The zero-order chi connectivity index (χ0) is 7.84. The maximum Gasteiger partial charge on any atom is 0.296 e. The zero-order valence-corrected chi connectivity index (χ0v) is 6.03. The van der Waals surface area contributed by atoms with Crippen LogP contribution in [0.2, 0.25) is 0 Å². The molecule has 1 amide bonds. The number of ketones is 1. The standard InChI is InChI=1S/C8H5NO2.FH/c10-7-5-3-1-2-4-6(5)9-8(7)11;/h1-4H,(H,9,10,11);1H. The van der Waals surface area contributed by atoms with E-state index in [-0.39, 0.29) is 4.70 Å². The van der Waals surface area contributed by atoms with Crippen molar-refractivity contribution in [2.24, 2.45) is 0 Å². The number of carbonyl (C=O) groups is 2. The average Bonchev–Trinajstić information content (AvgIpc) is 2.30. The van der Waals surface area contributed by atoms with Gasteiger partial charge in [-0.3, -0.25) is 14.3 Å². The van der Waals surface area contributed by atoms with Gasteiger partial charge in [-0.1, -0.05) is 12.1 Å². The first-order valence-electron chi connectivity index (χ1n) is 3.24. The van der Waals surface area contributed by atoms with Crippen molar-refractivity contribution in [3.8, 4) is 0 Å². The van der Waals surface area contributed by atoms with Crippen LogP contribution in [0.3, 0.4) is 0 Å². The second-order valence-corrected chi connectivity index (χ2v) is 2.33. The van der Waals surface area contributed by atoms with Gasteiger partial charge in [-0.15, -0.1) is 0 Å². The average molecular weight is 167 g/mol. The summed E-state index contributed by atoms with van der Waals surface area (Å²) in [5.41, 5.74) is 1.08. The molecule has 0 spiro atoms. The predicted molar refractivity (Wildman–Crippen MR) is 41.9 cm³/mol. The molecular weight excluding hydrogens is 161 g/mol. The molecule has 1 heterocycles. The number of para-hydroxylation sites is 1. The topological polar surface area (TPSA) is 46.2 Å². The molecule has 12 heavy (non-hydrogen) atoms. The summed E-state index contributed by atoms with van der Waals surface area (Å²) in [7, 11) is 0. The van der Waals surface area contributed by atoms with Crippen LogP contribution in [0.25, 0.3) is 0 Å². The van der Waals surface area contributed by atoms with E-state index in [1.54, 1.807) is 24.3 Å². The summed E-state index contributed by atoms with van der Waals surface area (Å²) < 4.78 is 0. The van der Waals surface area contributed by atoms with Crippen LogP contribution in [0, 0.1) is 0 Å². The molecule has 3 nitrogen and oxygen atoms in total. The highest BCUT2D eigenvalue weighted by Gasteiger charge is 2.26. The molecule has 1 aliphatic rings. The lowest BCUT2D eigenvalue weighted by Gasteiger charge is -1.91. The van der Waals surface area contributed by atoms with E-state index in [0.29, 0.717) is 11.3 Å². The van der Waals surface area contributed by atoms with Crippen molar-refractivity contribution < 1.29 is 14.3 Å². The molecule has 4 heteroatoms. The zero-order valence-electron chi connectivity index (χ0n) is 6.03. The summed E-state index contributed by atoms with van der Waals surface area (Å²) in [5.74, 6) is -0.980. The molecule has 0 atom stereocenters. The first-order valence-corrected chi connectivity index (χ1v) is 3.24. The van der Waals surface area contributed by atoms with E-state index in [9.17, 15) is 9.59 Å². The highest BCUT2D eigenvalue weighted by Crippen LogP contribution is 2.21. The largest absolute Gasteiger partial charge is 0.318 e. The van der Waals surface area contributed by atoms with Gasteiger partial charge < -0.3 is 5.32 Å². The third-order valence-electron chi connectivity index (χ3n) is 1.63. The third-order valence-corrected chi connectivity index (χ3v) is 1.63. The number of amides is 1. The lowest BCUT2D eigenvalue weighted by Crippen LogP contribution is -2.12. The van der Waals surface area contributed by atoms with Gasteiger partial charge in [0, 0.05) is 0 Å². The second-order valence-electron chi connectivity index (χ2n) is 2.33. The highest BCUT2D eigenvalue weighted by atomic mass is 19.0. The van der Waals surface area contributed by atoms with Gasteiger partial charge in [0.15, 0.2) is 0 Å². The lowest BCUT2D eigenvalue weighted by molar-refractivity contribution is -0.112. The Hall–Kier alpha value is -1.71. The molecule has 62 valence electrons. The summed E-state index contributed by atoms with van der Waals surface area (Å²) in [6, 6.07) is 6.85. The SMILES string of the molecule is F.O=C1Nc2ccccc2C1=O. The quantitative estimate of drug-likeness (QED) is 0.585. The van der Waals surface area contributed by atoms with Crippen molar-refractivity contribution >= 4 is 17.4 Å². The van der Waals surface area contributed by atoms with Crippen molar-refractivity contribution in [3.63, 3.8) is 0 Å². The van der Waals surface area contributed by atoms with Gasteiger partial charge in [0.25, 0.3) is 11.7 Å². The van der Waals surface area contributed by atoms with Gasteiger partial charge in [0.05, 0.1) is 11.3 Å². The van der Waals surface area contributed by atoms with Crippen LogP contribution in [0.5, 0.6) is 0 Å². The van der Waals surface area contributed by atoms with Crippen LogP contribution >= 0.6 is 0 Å². The maximum atomic E-state index is 11.0. The summed E-state index contributed by atoms with van der Waals surface area (Å²) >= 11 is 0. The molecule has 1 N–H and O–H groups in total. The van der Waals surface area contributed by atoms with Gasteiger partial charge in [-0.25, -0.2) is 0 Å². The van der Waals surface area contributed by atoms with E-state index in [1.165, 1.54) is 0 Å². The van der Waals surface area contributed by atoms with Crippen LogP contribution in [0.1, 0.15) is 10.4 Å². The van der Waals surface area contributed by atoms with Crippen molar-refractivity contribution in [1.29, 1.82) is 0 Å². The smallest absolute Gasteiger partial charge is 0.296 e. The van der Waals surface area contributed by atoms with Crippen LogP contribution in [-0.2, 0) is 4.79 Å². The van der Waals surface area contributed by atoms with E-state index in [1.807, 2.05) is 0 Å². The Morgan fingerprint density at radius 1 is 1.08 bits per heavy atom. The van der Waals surface area contributed by atoms with Crippen LogP contribution < -0.4 is 5.32 Å². The highest BCUT2D eigenvalue weighted by molar-refractivity contribution is 6.51. The van der Waals surface area contributed by atoms with E-state index >= 15 is 0 Å². The number of carbonyl (C=O) groups excluding carboxylic acids is 2. The molecule has 0 unspecified atom stereocenters. The summed E-state index contributed by atoms with van der Waals surface area (Å²) in [6.45, 7) is 0. The van der Waals surface area contributed by atoms with Gasteiger partial charge >= 0.3 is 0 Å². The normalized spacial score (nSPS) is 13.3. The molecule has 0 aliphatic carbocycles. The molecule has 0 radical (unpaired) electrons. The molecular formula is C8H6FNO2. The van der Waals surface area contributed by atoms with E-state index in [0.717, 1.165) is 0 Å². The Morgan fingerprint density at radius 3 is 2.42 bits per heavy atom. The van der Waals surface area contributed by atoms with Gasteiger partial charge in [0.2, 0.25) is 0 Å².